The number of rotatable bonds is 5. The van der Waals surface area contributed by atoms with Gasteiger partial charge in [-0.25, -0.2) is 9.55 Å². The van der Waals surface area contributed by atoms with Crippen LogP contribution in [0.15, 0.2) is 17.6 Å². The van der Waals surface area contributed by atoms with Crippen molar-refractivity contribution in [2.24, 2.45) is 7.05 Å². The maximum Gasteiger partial charge on any atom is 0.342 e. The molecule has 0 aromatic carbocycles. The van der Waals surface area contributed by atoms with Crippen LogP contribution in [0, 0.1) is 10.1 Å². The van der Waals surface area contributed by atoms with E-state index in [4.69, 9.17) is 4.74 Å². The van der Waals surface area contributed by atoms with Gasteiger partial charge < -0.3 is 14.9 Å². The van der Waals surface area contributed by atoms with Crippen LogP contribution in [0.3, 0.4) is 0 Å². The van der Waals surface area contributed by atoms with E-state index in [0.29, 0.717) is 5.82 Å². The second-order valence-electron chi connectivity index (χ2n) is 3.76. The van der Waals surface area contributed by atoms with Crippen molar-refractivity contribution in [2.45, 2.75) is 20.0 Å². The van der Waals surface area contributed by atoms with Crippen molar-refractivity contribution in [3.05, 3.63) is 39.1 Å². The highest BCUT2D eigenvalue weighted by atomic mass is 32.1. The number of hydrogen-bond donors (Lipinski definition) is 0. The van der Waals surface area contributed by atoms with Crippen LogP contribution in [-0.4, -0.2) is 14.5 Å². The fraction of sp³-hybridized carbons (Fsp3) is 0.364. The SMILES string of the molecule is CCc1csc(OCc2ncc([N+](=O)[O-])n2C)c1. The summed E-state index contributed by atoms with van der Waals surface area (Å²) in [6.07, 6.45) is 2.21. The number of hydrogen-bond acceptors (Lipinski definition) is 5. The first kappa shape index (κ1) is 12.6. The molecule has 2 rings (SSSR count). The van der Waals surface area contributed by atoms with E-state index in [9.17, 15) is 10.1 Å². The van der Waals surface area contributed by atoms with E-state index < -0.39 is 4.92 Å². The van der Waals surface area contributed by atoms with Crippen LogP contribution in [0.2, 0.25) is 0 Å². The normalized spacial score (nSPS) is 10.6. The highest BCUT2D eigenvalue weighted by Crippen LogP contribution is 2.24. The minimum Gasteiger partial charge on any atom is -0.474 e. The van der Waals surface area contributed by atoms with Crippen LogP contribution in [0.5, 0.6) is 5.06 Å². The van der Waals surface area contributed by atoms with Crippen molar-refractivity contribution in [3.63, 3.8) is 0 Å². The molecule has 0 amide bonds. The van der Waals surface area contributed by atoms with Gasteiger partial charge in [-0.3, -0.25) is 0 Å². The number of thiophene rings is 1. The molecule has 0 N–H and O–H groups in total. The second kappa shape index (κ2) is 5.18. The van der Waals surface area contributed by atoms with Crippen LogP contribution < -0.4 is 4.74 Å². The molecule has 2 heterocycles. The van der Waals surface area contributed by atoms with Gasteiger partial charge in [0, 0.05) is 0 Å². The zero-order valence-electron chi connectivity index (χ0n) is 10.1. The highest BCUT2D eigenvalue weighted by molar-refractivity contribution is 7.12. The van der Waals surface area contributed by atoms with Gasteiger partial charge in [-0.2, -0.15) is 0 Å². The molecule has 0 fully saturated rings. The molecule has 0 radical (unpaired) electrons. The summed E-state index contributed by atoms with van der Waals surface area (Å²) in [6, 6.07) is 1.97. The van der Waals surface area contributed by atoms with Crippen molar-refractivity contribution < 1.29 is 9.66 Å². The number of imidazole rings is 1. The van der Waals surface area contributed by atoms with Crippen LogP contribution in [-0.2, 0) is 20.1 Å². The Morgan fingerprint density at radius 2 is 2.39 bits per heavy atom. The predicted octanol–water partition coefficient (Wildman–Crippen LogP) is 2.53. The molecule has 0 saturated heterocycles. The molecule has 2 aromatic rings. The largest absolute Gasteiger partial charge is 0.474 e. The Morgan fingerprint density at radius 1 is 1.61 bits per heavy atom. The maximum absolute atomic E-state index is 10.7. The third kappa shape index (κ3) is 2.51. The highest BCUT2D eigenvalue weighted by Gasteiger charge is 2.16. The van der Waals surface area contributed by atoms with Crippen molar-refractivity contribution in [3.8, 4) is 5.06 Å². The van der Waals surface area contributed by atoms with Gasteiger partial charge in [-0.1, -0.05) is 6.92 Å². The van der Waals surface area contributed by atoms with Crippen molar-refractivity contribution >= 4 is 17.2 Å². The van der Waals surface area contributed by atoms with Gasteiger partial charge in [-0.05, 0) is 28.4 Å². The van der Waals surface area contributed by atoms with E-state index in [-0.39, 0.29) is 12.4 Å². The van der Waals surface area contributed by atoms with Gasteiger partial charge in [-0.15, -0.1) is 11.3 Å². The smallest absolute Gasteiger partial charge is 0.342 e. The average molecular weight is 267 g/mol. The fourth-order valence-electron chi connectivity index (χ4n) is 1.49. The Hall–Kier alpha value is -1.89. The zero-order chi connectivity index (χ0) is 13.1. The van der Waals surface area contributed by atoms with Gasteiger partial charge in [0.1, 0.15) is 6.20 Å². The van der Waals surface area contributed by atoms with E-state index in [1.54, 1.807) is 7.05 Å². The number of aryl methyl sites for hydroxylation is 1. The lowest BCUT2D eigenvalue weighted by atomic mass is 10.3. The summed E-state index contributed by atoms with van der Waals surface area (Å²) in [4.78, 5) is 14.2. The van der Waals surface area contributed by atoms with E-state index >= 15 is 0 Å². The zero-order valence-corrected chi connectivity index (χ0v) is 10.9. The van der Waals surface area contributed by atoms with E-state index in [1.165, 1.54) is 27.7 Å². The molecular formula is C11H13N3O3S. The minimum atomic E-state index is -0.461. The summed E-state index contributed by atoms with van der Waals surface area (Å²) in [7, 11) is 1.61. The minimum absolute atomic E-state index is 0.0333. The third-order valence-corrected chi connectivity index (χ3v) is 3.52. The van der Waals surface area contributed by atoms with Crippen LogP contribution in [0.25, 0.3) is 0 Å². The topological polar surface area (TPSA) is 70.2 Å². The molecule has 0 aliphatic heterocycles. The van der Waals surface area contributed by atoms with Gasteiger partial charge in [0.15, 0.2) is 11.7 Å². The average Bonchev–Trinajstić information content (AvgIpc) is 2.93. The van der Waals surface area contributed by atoms with Crippen LogP contribution in [0.4, 0.5) is 5.82 Å². The first-order valence-electron chi connectivity index (χ1n) is 5.47. The van der Waals surface area contributed by atoms with E-state index in [1.807, 2.05) is 11.4 Å². The monoisotopic (exact) mass is 267 g/mol. The molecule has 0 aliphatic rings. The van der Waals surface area contributed by atoms with Crippen LogP contribution in [0.1, 0.15) is 18.3 Å². The molecule has 7 heteroatoms. The molecule has 0 aliphatic carbocycles. The summed E-state index contributed by atoms with van der Waals surface area (Å²) >= 11 is 1.52. The Labute approximate surface area is 108 Å². The summed E-state index contributed by atoms with van der Waals surface area (Å²) in [5, 5.41) is 13.5. The standard InChI is InChI=1S/C11H13N3O3S/c1-3-8-4-11(18-7-8)17-6-9-12-5-10(13(9)2)14(15)16/h4-5,7H,3,6H2,1-2H3. The van der Waals surface area contributed by atoms with E-state index in [2.05, 4.69) is 11.9 Å². The lowest BCUT2D eigenvalue weighted by Crippen LogP contribution is -2.05. The van der Waals surface area contributed by atoms with Gasteiger partial charge in [0.25, 0.3) is 0 Å². The molecule has 0 spiro atoms. The van der Waals surface area contributed by atoms with E-state index in [0.717, 1.165) is 11.5 Å². The van der Waals surface area contributed by atoms with Gasteiger partial charge in [0.05, 0.1) is 7.05 Å². The first-order chi connectivity index (χ1) is 8.61. The molecule has 0 atom stereocenters. The number of nitro groups is 1. The lowest BCUT2D eigenvalue weighted by molar-refractivity contribution is -0.391. The number of nitrogens with zero attached hydrogens (tertiary/aromatic N) is 3. The summed E-state index contributed by atoms with van der Waals surface area (Å²) in [5.41, 5.74) is 1.22. The molecule has 2 aromatic heterocycles. The molecule has 0 unspecified atom stereocenters. The quantitative estimate of drug-likeness (QED) is 0.616. The first-order valence-corrected chi connectivity index (χ1v) is 6.35. The predicted molar refractivity (Wildman–Crippen MR) is 67.9 cm³/mol. The number of aromatic nitrogens is 2. The Balaban J connectivity index is 2.04. The summed E-state index contributed by atoms with van der Waals surface area (Å²) in [5.74, 6) is 0.502. The number of ether oxygens (including phenoxy) is 1. The molecular weight excluding hydrogens is 254 g/mol. The summed E-state index contributed by atoms with van der Waals surface area (Å²) in [6.45, 7) is 2.31. The lowest BCUT2D eigenvalue weighted by Gasteiger charge is -2.00. The molecule has 6 nitrogen and oxygen atoms in total. The molecule has 0 bridgehead atoms. The van der Waals surface area contributed by atoms with Crippen molar-refractivity contribution in [1.82, 2.24) is 9.55 Å². The Bertz CT molecular complexity index is 562. The Morgan fingerprint density at radius 3 is 2.94 bits per heavy atom. The molecule has 0 saturated carbocycles. The maximum atomic E-state index is 10.7. The third-order valence-electron chi connectivity index (χ3n) is 2.63. The molecule has 18 heavy (non-hydrogen) atoms. The Kier molecular flexibility index (Phi) is 3.61. The van der Waals surface area contributed by atoms with Crippen molar-refractivity contribution in [1.29, 1.82) is 0 Å². The second-order valence-corrected chi connectivity index (χ2v) is 4.64. The summed E-state index contributed by atoms with van der Waals surface area (Å²) < 4.78 is 6.99. The van der Waals surface area contributed by atoms with Crippen molar-refractivity contribution in [2.75, 3.05) is 0 Å². The van der Waals surface area contributed by atoms with Crippen LogP contribution >= 0.6 is 11.3 Å². The fourth-order valence-corrected chi connectivity index (χ4v) is 2.34. The van der Waals surface area contributed by atoms with Gasteiger partial charge in [0.2, 0.25) is 5.82 Å². The molecule has 96 valence electrons. The van der Waals surface area contributed by atoms with Gasteiger partial charge >= 0.3 is 5.82 Å².